The average Bonchev–Trinajstić information content (AvgIpc) is 2.53. The summed E-state index contributed by atoms with van der Waals surface area (Å²) in [6.45, 7) is 10.1. The van der Waals surface area contributed by atoms with Crippen LogP contribution in [0.3, 0.4) is 0 Å². The third-order valence-electron chi connectivity index (χ3n) is 4.11. The van der Waals surface area contributed by atoms with Crippen LogP contribution in [-0.2, 0) is 4.79 Å². The Hall–Kier alpha value is -2.04. The number of fused-ring (bicyclic) bond motifs is 1. The normalized spacial score (nSPS) is 13.5. The molecule has 0 unspecified atom stereocenters. The van der Waals surface area contributed by atoms with Gasteiger partial charge in [0.25, 0.3) is 11.8 Å². The lowest BCUT2D eigenvalue weighted by Gasteiger charge is -2.27. The number of nitrogens with zero attached hydrogens (tertiary/aromatic N) is 1. The monoisotopic (exact) mass is 332 g/mol. The molecule has 0 aliphatic carbocycles. The zero-order valence-corrected chi connectivity index (χ0v) is 15.1. The minimum atomic E-state index is -0.191. The van der Waals surface area contributed by atoms with Gasteiger partial charge in [-0.25, -0.2) is 0 Å². The predicted molar refractivity (Wildman–Crippen MR) is 95.4 cm³/mol. The van der Waals surface area contributed by atoms with Crippen molar-refractivity contribution in [1.29, 1.82) is 0 Å². The van der Waals surface area contributed by atoms with Gasteiger partial charge in [-0.05, 0) is 36.8 Å². The van der Waals surface area contributed by atoms with E-state index in [1.165, 1.54) is 0 Å². The Kier molecular flexibility index (Phi) is 6.23. The van der Waals surface area contributed by atoms with Gasteiger partial charge in [0.05, 0.1) is 11.3 Å². The summed E-state index contributed by atoms with van der Waals surface area (Å²) in [6, 6.07) is 5.32. The highest BCUT2D eigenvalue weighted by molar-refractivity contribution is 6.03. The minimum Gasteiger partial charge on any atom is -0.481 e. The maximum Gasteiger partial charge on any atom is 0.262 e. The van der Waals surface area contributed by atoms with Crippen molar-refractivity contribution in [3.05, 3.63) is 23.8 Å². The van der Waals surface area contributed by atoms with Crippen molar-refractivity contribution in [2.75, 3.05) is 25.0 Å². The van der Waals surface area contributed by atoms with Gasteiger partial charge in [-0.1, -0.05) is 33.8 Å². The SMILES string of the molecule is CC(C)CCN(CCC(C)C)C(=O)c1cccc2c1OCC(=O)N2. The van der Waals surface area contributed by atoms with Gasteiger partial charge < -0.3 is 15.0 Å². The molecule has 1 heterocycles. The molecule has 24 heavy (non-hydrogen) atoms. The van der Waals surface area contributed by atoms with Crippen molar-refractivity contribution < 1.29 is 14.3 Å². The van der Waals surface area contributed by atoms with E-state index in [9.17, 15) is 9.59 Å². The molecule has 2 amide bonds. The first-order valence-corrected chi connectivity index (χ1v) is 8.73. The smallest absolute Gasteiger partial charge is 0.262 e. The average molecular weight is 332 g/mol. The van der Waals surface area contributed by atoms with Crippen LogP contribution < -0.4 is 10.1 Å². The highest BCUT2D eigenvalue weighted by Gasteiger charge is 2.25. The number of amides is 2. The van der Waals surface area contributed by atoms with Crippen LogP contribution in [0, 0.1) is 11.8 Å². The number of anilines is 1. The van der Waals surface area contributed by atoms with Crippen LogP contribution in [0.4, 0.5) is 5.69 Å². The van der Waals surface area contributed by atoms with Crippen molar-refractivity contribution >= 4 is 17.5 Å². The van der Waals surface area contributed by atoms with Gasteiger partial charge in [0.15, 0.2) is 12.4 Å². The lowest BCUT2D eigenvalue weighted by molar-refractivity contribution is -0.118. The van der Waals surface area contributed by atoms with Gasteiger partial charge >= 0.3 is 0 Å². The second-order valence-electron chi connectivity index (χ2n) is 7.18. The van der Waals surface area contributed by atoms with Crippen molar-refractivity contribution in [3.8, 4) is 5.75 Å². The van der Waals surface area contributed by atoms with E-state index in [2.05, 4.69) is 33.0 Å². The summed E-state index contributed by atoms with van der Waals surface area (Å²) in [7, 11) is 0. The Morgan fingerprint density at radius 2 is 1.79 bits per heavy atom. The molecular weight excluding hydrogens is 304 g/mol. The number of carbonyl (C=O) groups excluding carboxylic acids is 2. The summed E-state index contributed by atoms with van der Waals surface area (Å²) in [5, 5.41) is 2.76. The number of ether oxygens (including phenoxy) is 1. The highest BCUT2D eigenvalue weighted by Crippen LogP contribution is 2.32. The molecule has 0 saturated heterocycles. The van der Waals surface area contributed by atoms with Gasteiger partial charge in [0.1, 0.15) is 0 Å². The largest absolute Gasteiger partial charge is 0.481 e. The fourth-order valence-corrected chi connectivity index (χ4v) is 2.60. The Labute approximate surface area is 144 Å². The van der Waals surface area contributed by atoms with E-state index in [-0.39, 0.29) is 18.4 Å². The van der Waals surface area contributed by atoms with Gasteiger partial charge in [0.2, 0.25) is 0 Å². The number of para-hydroxylation sites is 1. The van der Waals surface area contributed by atoms with Crippen LogP contribution in [0.5, 0.6) is 5.75 Å². The molecule has 1 aromatic rings. The fourth-order valence-electron chi connectivity index (χ4n) is 2.60. The number of hydrogen-bond acceptors (Lipinski definition) is 3. The quantitative estimate of drug-likeness (QED) is 0.830. The molecule has 5 nitrogen and oxygen atoms in total. The maximum absolute atomic E-state index is 13.1. The summed E-state index contributed by atoms with van der Waals surface area (Å²) in [5.41, 5.74) is 1.10. The van der Waals surface area contributed by atoms with Gasteiger partial charge in [0, 0.05) is 13.1 Å². The van der Waals surface area contributed by atoms with E-state index in [0.29, 0.717) is 28.8 Å². The Morgan fingerprint density at radius 3 is 2.38 bits per heavy atom. The lowest BCUT2D eigenvalue weighted by atomic mass is 10.1. The third kappa shape index (κ3) is 4.73. The molecule has 1 aromatic carbocycles. The topological polar surface area (TPSA) is 58.6 Å². The van der Waals surface area contributed by atoms with Crippen molar-refractivity contribution in [2.45, 2.75) is 40.5 Å². The van der Waals surface area contributed by atoms with E-state index in [1.54, 1.807) is 18.2 Å². The predicted octanol–water partition coefficient (Wildman–Crippen LogP) is 3.55. The lowest BCUT2D eigenvalue weighted by Crippen LogP contribution is -2.35. The molecule has 1 aliphatic heterocycles. The molecule has 0 atom stereocenters. The van der Waals surface area contributed by atoms with Gasteiger partial charge in [-0.3, -0.25) is 9.59 Å². The summed E-state index contributed by atoms with van der Waals surface area (Å²) < 4.78 is 5.53. The van der Waals surface area contributed by atoms with E-state index in [0.717, 1.165) is 25.9 Å². The zero-order valence-electron chi connectivity index (χ0n) is 15.1. The first-order chi connectivity index (χ1) is 11.4. The molecule has 1 aliphatic rings. The molecular formula is C19H28N2O3. The van der Waals surface area contributed by atoms with E-state index >= 15 is 0 Å². The number of rotatable bonds is 7. The highest BCUT2D eigenvalue weighted by atomic mass is 16.5. The summed E-state index contributed by atoms with van der Waals surface area (Å²) >= 11 is 0. The maximum atomic E-state index is 13.1. The van der Waals surface area contributed by atoms with Crippen LogP contribution in [0.2, 0.25) is 0 Å². The number of nitrogens with one attached hydrogen (secondary N) is 1. The molecule has 0 bridgehead atoms. The molecule has 1 N–H and O–H groups in total. The number of benzene rings is 1. The Balaban J connectivity index is 2.21. The molecule has 0 fully saturated rings. The minimum absolute atomic E-state index is 0.0238. The second-order valence-corrected chi connectivity index (χ2v) is 7.18. The van der Waals surface area contributed by atoms with Crippen LogP contribution in [0.15, 0.2) is 18.2 Å². The zero-order chi connectivity index (χ0) is 17.7. The summed E-state index contributed by atoms with van der Waals surface area (Å²) in [5.74, 6) is 1.35. The van der Waals surface area contributed by atoms with E-state index in [4.69, 9.17) is 4.74 Å². The number of carbonyl (C=O) groups is 2. The molecule has 5 heteroatoms. The van der Waals surface area contributed by atoms with Crippen molar-refractivity contribution in [1.82, 2.24) is 4.90 Å². The van der Waals surface area contributed by atoms with E-state index in [1.807, 2.05) is 4.90 Å². The van der Waals surface area contributed by atoms with Gasteiger partial charge in [-0.15, -0.1) is 0 Å². The second kappa shape index (κ2) is 8.18. The summed E-state index contributed by atoms with van der Waals surface area (Å²) in [4.78, 5) is 26.4. The van der Waals surface area contributed by atoms with Gasteiger partial charge in [-0.2, -0.15) is 0 Å². The van der Waals surface area contributed by atoms with Crippen molar-refractivity contribution in [3.63, 3.8) is 0 Å². The van der Waals surface area contributed by atoms with Crippen LogP contribution in [0.1, 0.15) is 50.9 Å². The molecule has 0 spiro atoms. The van der Waals surface area contributed by atoms with Crippen LogP contribution in [0.25, 0.3) is 0 Å². The first-order valence-electron chi connectivity index (χ1n) is 8.73. The van der Waals surface area contributed by atoms with E-state index < -0.39 is 0 Å². The molecule has 0 radical (unpaired) electrons. The standard InChI is InChI=1S/C19H28N2O3/c1-13(2)8-10-21(11-9-14(3)4)19(23)15-6-5-7-16-18(15)24-12-17(22)20-16/h5-7,13-14H,8-12H2,1-4H3,(H,20,22). The van der Waals surface area contributed by atoms with Crippen LogP contribution >= 0.6 is 0 Å². The number of hydrogen-bond donors (Lipinski definition) is 1. The molecule has 0 saturated carbocycles. The molecule has 0 aromatic heterocycles. The Morgan fingerprint density at radius 1 is 1.17 bits per heavy atom. The summed E-state index contributed by atoms with van der Waals surface area (Å²) in [6.07, 6.45) is 1.94. The fraction of sp³-hybridized carbons (Fsp3) is 0.579. The van der Waals surface area contributed by atoms with Crippen molar-refractivity contribution in [2.24, 2.45) is 11.8 Å². The Bertz CT molecular complexity index is 584. The first kappa shape index (κ1) is 18.3. The van der Waals surface area contributed by atoms with Crippen LogP contribution in [-0.4, -0.2) is 36.4 Å². The molecule has 132 valence electrons. The third-order valence-corrected chi connectivity index (χ3v) is 4.11. The molecule has 2 rings (SSSR count).